The number of hydrogen-bond acceptors (Lipinski definition) is 3. The van der Waals surface area contributed by atoms with Gasteiger partial charge in [-0.15, -0.1) is 0 Å². The van der Waals surface area contributed by atoms with Crippen molar-refractivity contribution in [1.82, 2.24) is 9.78 Å². The third kappa shape index (κ3) is 2.70. The van der Waals surface area contributed by atoms with Crippen LogP contribution in [0.15, 0.2) is 42.7 Å². The number of nitrogens with two attached hydrogens (primary N) is 1. The largest absolute Gasteiger partial charge is 0.324 e. The Morgan fingerprint density at radius 2 is 2.12 bits per heavy atom. The fourth-order valence-electron chi connectivity index (χ4n) is 1.49. The van der Waals surface area contributed by atoms with Gasteiger partial charge in [-0.05, 0) is 12.1 Å². The molecule has 88 valence electrons. The van der Waals surface area contributed by atoms with Gasteiger partial charge in [0.25, 0.3) is 0 Å². The number of amides is 1. The predicted molar refractivity (Wildman–Crippen MR) is 65.2 cm³/mol. The Morgan fingerprint density at radius 1 is 1.41 bits per heavy atom. The Labute approximate surface area is 99.2 Å². The van der Waals surface area contributed by atoms with Crippen LogP contribution in [-0.2, 0) is 11.8 Å². The van der Waals surface area contributed by atoms with Crippen molar-refractivity contribution in [3.8, 4) is 0 Å². The summed E-state index contributed by atoms with van der Waals surface area (Å²) < 4.78 is 1.62. The van der Waals surface area contributed by atoms with E-state index in [-0.39, 0.29) is 5.91 Å². The van der Waals surface area contributed by atoms with E-state index in [1.807, 2.05) is 30.3 Å². The molecule has 0 bridgehead atoms. The maximum atomic E-state index is 11.8. The van der Waals surface area contributed by atoms with E-state index in [2.05, 4.69) is 10.4 Å². The number of benzene rings is 1. The van der Waals surface area contributed by atoms with Crippen LogP contribution < -0.4 is 11.1 Å². The molecular formula is C12H14N4O. The van der Waals surface area contributed by atoms with E-state index in [9.17, 15) is 4.79 Å². The lowest BCUT2D eigenvalue weighted by molar-refractivity contribution is -0.117. The summed E-state index contributed by atoms with van der Waals surface area (Å²) in [4.78, 5) is 11.8. The Hall–Kier alpha value is -2.14. The van der Waals surface area contributed by atoms with Gasteiger partial charge >= 0.3 is 0 Å². The lowest BCUT2D eigenvalue weighted by Gasteiger charge is -2.10. The highest BCUT2D eigenvalue weighted by Crippen LogP contribution is 2.12. The van der Waals surface area contributed by atoms with Crippen molar-refractivity contribution in [1.29, 1.82) is 0 Å². The van der Waals surface area contributed by atoms with E-state index < -0.39 is 6.04 Å². The number of carbonyl (C=O) groups is 1. The van der Waals surface area contributed by atoms with E-state index in [1.54, 1.807) is 24.1 Å². The van der Waals surface area contributed by atoms with Crippen molar-refractivity contribution in [2.45, 2.75) is 6.04 Å². The fourth-order valence-corrected chi connectivity index (χ4v) is 1.49. The molecule has 5 nitrogen and oxygen atoms in total. The molecule has 0 spiro atoms. The third-order valence-electron chi connectivity index (χ3n) is 2.41. The van der Waals surface area contributed by atoms with E-state index in [0.717, 1.165) is 5.69 Å². The van der Waals surface area contributed by atoms with E-state index in [4.69, 9.17) is 5.73 Å². The summed E-state index contributed by atoms with van der Waals surface area (Å²) in [5.41, 5.74) is 7.26. The van der Waals surface area contributed by atoms with Gasteiger partial charge in [-0.25, -0.2) is 0 Å². The first-order valence-electron chi connectivity index (χ1n) is 5.27. The topological polar surface area (TPSA) is 72.9 Å². The minimum Gasteiger partial charge on any atom is -0.324 e. The number of aromatic nitrogens is 2. The highest BCUT2D eigenvalue weighted by atomic mass is 16.2. The van der Waals surface area contributed by atoms with Gasteiger partial charge in [-0.1, -0.05) is 18.2 Å². The minimum atomic E-state index is -0.705. The first-order chi connectivity index (χ1) is 8.16. The molecule has 1 heterocycles. The molecule has 2 rings (SSSR count). The van der Waals surface area contributed by atoms with Crippen molar-refractivity contribution >= 4 is 11.6 Å². The molecule has 0 saturated carbocycles. The molecule has 0 aliphatic rings. The monoisotopic (exact) mass is 230 g/mol. The van der Waals surface area contributed by atoms with E-state index in [1.165, 1.54) is 0 Å². The quantitative estimate of drug-likeness (QED) is 0.828. The van der Waals surface area contributed by atoms with Gasteiger partial charge in [-0.3, -0.25) is 9.48 Å². The summed E-state index contributed by atoms with van der Waals surface area (Å²) in [6.07, 6.45) is 3.32. The molecule has 0 aliphatic heterocycles. The van der Waals surface area contributed by atoms with Gasteiger partial charge < -0.3 is 11.1 Å². The van der Waals surface area contributed by atoms with E-state index >= 15 is 0 Å². The van der Waals surface area contributed by atoms with Gasteiger partial charge in [0.1, 0.15) is 6.04 Å². The second kappa shape index (κ2) is 4.80. The molecule has 1 aromatic heterocycles. The van der Waals surface area contributed by atoms with Crippen LogP contribution in [0.1, 0.15) is 11.6 Å². The average molecular weight is 230 g/mol. The summed E-state index contributed by atoms with van der Waals surface area (Å²) in [6, 6.07) is 8.51. The molecule has 1 atom stereocenters. The molecular weight excluding hydrogens is 216 g/mol. The number of nitrogens with zero attached hydrogens (tertiary/aromatic N) is 2. The summed E-state index contributed by atoms with van der Waals surface area (Å²) in [5, 5.41) is 6.73. The Kier molecular flexibility index (Phi) is 3.20. The molecule has 5 heteroatoms. The number of aryl methyl sites for hydroxylation is 1. The second-order valence-electron chi connectivity index (χ2n) is 3.78. The van der Waals surface area contributed by atoms with Crippen molar-refractivity contribution in [3.63, 3.8) is 0 Å². The summed E-state index contributed by atoms with van der Waals surface area (Å²) in [6.45, 7) is 0. The van der Waals surface area contributed by atoms with Crippen LogP contribution in [0.25, 0.3) is 0 Å². The smallest absolute Gasteiger partial charge is 0.246 e. The van der Waals surface area contributed by atoms with Crippen molar-refractivity contribution in [3.05, 3.63) is 48.3 Å². The van der Waals surface area contributed by atoms with Crippen molar-refractivity contribution in [2.24, 2.45) is 12.8 Å². The average Bonchev–Trinajstić information content (AvgIpc) is 2.76. The van der Waals surface area contributed by atoms with Gasteiger partial charge in [0, 0.05) is 24.5 Å². The molecule has 0 aliphatic carbocycles. The fraction of sp³-hybridized carbons (Fsp3) is 0.167. The zero-order chi connectivity index (χ0) is 12.3. The summed E-state index contributed by atoms with van der Waals surface area (Å²) in [7, 11) is 1.78. The lowest BCUT2D eigenvalue weighted by Crippen LogP contribution is -2.27. The van der Waals surface area contributed by atoms with Gasteiger partial charge in [0.2, 0.25) is 5.91 Å². The highest BCUT2D eigenvalue weighted by Gasteiger charge is 2.17. The zero-order valence-corrected chi connectivity index (χ0v) is 9.50. The number of para-hydroxylation sites is 1. The first-order valence-corrected chi connectivity index (χ1v) is 5.27. The van der Waals surface area contributed by atoms with Crippen LogP contribution in [0, 0.1) is 0 Å². The first kappa shape index (κ1) is 11.3. The number of anilines is 1. The number of nitrogens with one attached hydrogen (secondary N) is 1. The van der Waals surface area contributed by atoms with Crippen LogP contribution in [0.2, 0.25) is 0 Å². The third-order valence-corrected chi connectivity index (χ3v) is 2.41. The van der Waals surface area contributed by atoms with Gasteiger partial charge in [-0.2, -0.15) is 5.10 Å². The second-order valence-corrected chi connectivity index (χ2v) is 3.78. The standard InChI is InChI=1S/C12H14N4O/c1-16-8-9(7-14-16)11(13)12(17)15-10-5-3-2-4-6-10/h2-8,11H,13H2,1H3,(H,15,17). The molecule has 0 fully saturated rings. The predicted octanol–water partition coefficient (Wildman–Crippen LogP) is 1.06. The molecule has 1 amide bonds. The number of hydrogen-bond donors (Lipinski definition) is 2. The van der Waals surface area contributed by atoms with Crippen LogP contribution in [0.4, 0.5) is 5.69 Å². The molecule has 0 saturated heterocycles. The lowest BCUT2D eigenvalue weighted by atomic mass is 10.1. The Bertz CT molecular complexity index is 506. The summed E-state index contributed by atoms with van der Waals surface area (Å²) in [5.74, 6) is -0.246. The Morgan fingerprint density at radius 3 is 2.71 bits per heavy atom. The number of rotatable bonds is 3. The Balaban J connectivity index is 2.06. The van der Waals surface area contributed by atoms with Crippen molar-refractivity contribution in [2.75, 3.05) is 5.32 Å². The molecule has 17 heavy (non-hydrogen) atoms. The maximum Gasteiger partial charge on any atom is 0.246 e. The summed E-state index contributed by atoms with van der Waals surface area (Å²) >= 11 is 0. The van der Waals surface area contributed by atoms with E-state index in [0.29, 0.717) is 5.56 Å². The molecule has 3 N–H and O–H groups in total. The zero-order valence-electron chi connectivity index (χ0n) is 9.50. The maximum absolute atomic E-state index is 11.8. The van der Waals surface area contributed by atoms with Crippen LogP contribution in [0.3, 0.4) is 0 Å². The van der Waals surface area contributed by atoms with Crippen molar-refractivity contribution < 1.29 is 4.79 Å². The van der Waals surface area contributed by atoms with Crippen LogP contribution in [0.5, 0.6) is 0 Å². The SMILES string of the molecule is Cn1cc(C(N)C(=O)Nc2ccccc2)cn1. The number of carbonyl (C=O) groups excluding carboxylic acids is 1. The van der Waals surface area contributed by atoms with Gasteiger partial charge in [0.15, 0.2) is 0 Å². The molecule has 1 aromatic carbocycles. The normalized spacial score (nSPS) is 12.1. The van der Waals surface area contributed by atoms with Gasteiger partial charge in [0.05, 0.1) is 6.20 Å². The molecule has 1 unspecified atom stereocenters. The van der Waals surface area contributed by atoms with Crippen LogP contribution >= 0.6 is 0 Å². The molecule has 2 aromatic rings. The minimum absolute atomic E-state index is 0.246. The van der Waals surface area contributed by atoms with Crippen LogP contribution in [-0.4, -0.2) is 15.7 Å². The highest BCUT2D eigenvalue weighted by molar-refractivity contribution is 5.95. The molecule has 0 radical (unpaired) electrons.